The van der Waals surface area contributed by atoms with E-state index in [0.717, 1.165) is 25.0 Å². The average Bonchev–Trinajstić information content (AvgIpc) is 3.06. The molecule has 1 aliphatic rings. The topological polar surface area (TPSA) is 97.2 Å². The maximum Gasteiger partial charge on any atom is 0.242 e. The van der Waals surface area contributed by atoms with E-state index in [4.69, 9.17) is 10.5 Å². The number of sulfonamides is 1. The van der Waals surface area contributed by atoms with E-state index in [1.54, 1.807) is 18.2 Å². The Balaban J connectivity index is 1.73. The molecule has 1 aliphatic heterocycles. The number of benzene rings is 1. The smallest absolute Gasteiger partial charge is 0.242 e. The Hall–Kier alpha value is -1.57. The molecule has 1 atom stereocenters. The highest BCUT2D eigenvalue weighted by atomic mass is 32.2. The molecule has 21 heavy (non-hydrogen) atoms. The van der Waals surface area contributed by atoms with Crippen LogP contribution in [0, 0.1) is 0 Å². The maximum atomic E-state index is 12.4. The van der Waals surface area contributed by atoms with Crippen molar-refractivity contribution in [1.29, 1.82) is 0 Å². The monoisotopic (exact) mass is 309 g/mol. The molecule has 2 heterocycles. The summed E-state index contributed by atoms with van der Waals surface area (Å²) < 4.78 is 32.8. The fraction of sp³-hybridized carbons (Fsp3) is 0.429. The minimum atomic E-state index is -3.53. The molecule has 0 saturated carbocycles. The van der Waals surface area contributed by atoms with Crippen molar-refractivity contribution < 1.29 is 13.2 Å². The molecular weight excluding hydrogens is 290 g/mol. The Morgan fingerprint density at radius 2 is 2.29 bits per heavy atom. The normalized spacial score (nSPS) is 19.3. The van der Waals surface area contributed by atoms with Crippen LogP contribution in [-0.2, 0) is 14.8 Å². The summed E-state index contributed by atoms with van der Waals surface area (Å²) >= 11 is 0. The first-order valence-corrected chi connectivity index (χ1v) is 8.52. The fourth-order valence-electron chi connectivity index (χ4n) is 2.64. The van der Waals surface area contributed by atoms with Gasteiger partial charge in [-0.25, -0.2) is 13.1 Å². The second-order valence-electron chi connectivity index (χ2n) is 5.28. The quantitative estimate of drug-likeness (QED) is 0.731. The first-order valence-electron chi connectivity index (χ1n) is 7.04. The Morgan fingerprint density at radius 3 is 3.05 bits per heavy atom. The lowest BCUT2D eigenvalue weighted by Gasteiger charge is -2.10. The minimum absolute atomic E-state index is 0.176. The number of nitrogen functional groups attached to an aromatic ring is 1. The van der Waals surface area contributed by atoms with Crippen molar-refractivity contribution in [3.8, 4) is 0 Å². The third kappa shape index (κ3) is 3.04. The number of H-pyrrole nitrogens is 1. The van der Waals surface area contributed by atoms with Gasteiger partial charge in [0.05, 0.1) is 6.10 Å². The first-order chi connectivity index (χ1) is 10.1. The van der Waals surface area contributed by atoms with Crippen LogP contribution in [0.5, 0.6) is 0 Å². The highest BCUT2D eigenvalue weighted by Crippen LogP contribution is 2.24. The minimum Gasteiger partial charge on any atom is -0.399 e. The van der Waals surface area contributed by atoms with Crippen LogP contribution in [0.2, 0.25) is 0 Å². The maximum absolute atomic E-state index is 12.4. The van der Waals surface area contributed by atoms with E-state index >= 15 is 0 Å². The summed E-state index contributed by atoms with van der Waals surface area (Å²) in [5, 5.41) is 0.647. The summed E-state index contributed by atoms with van der Waals surface area (Å²) in [6.45, 7) is 1.16. The second-order valence-corrected chi connectivity index (χ2v) is 7.01. The number of aromatic nitrogens is 1. The van der Waals surface area contributed by atoms with Gasteiger partial charge in [-0.1, -0.05) is 0 Å². The lowest BCUT2D eigenvalue weighted by Crippen LogP contribution is -2.27. The van der Waals surface area contributed by atoms with Gasteiger partial charge in [0.15, 0.2) is 0 Å². The molecular formula is C14H19N3O3S. The summed E-state index contributed by atoms with van der Waals surface area (Å²) in [5.74, 6) is 0. The summed E-state index contributed by atoms with van der Waals surface area (Å²) in [7, 11) is -3.53. The Labute approximate surface area is 123 Å². The zero-order chi connectivity index (χ0) is 14.9. The van der Waals surface area contributed by atoms with E-state index in [1.807, 2.05) is 0 Å². The number of nitrogens with one attached hydrogen (secondary N) is 2. The van der Waals surface area contributed by atoms with Crippen LogP contribution in [0.25, 0.3) is 10.9 Å². The molecule has 0 radical (unpaired) electrons. The zero-order valence-electron chi connectivity index (χ0n) is 11.6. The predicted molar refractivity (Wildman–Crippen MR) is 81.5 cm³/mol. The molecule has 1 saturated heterocycles. The number of ether oxygens (including phenoxy) is 1. The molecule has 114 valence electrons. The summed E-state index contributed by atoms with van der Waals surface area (Å²) in [6.07, 6.45) is 4.44. The van der Waals surface area contributed by atoms with E-state index in [9.17, 15) is 8.42 Å². The lowest BCUT2D eigenvalue weighted by molar-refractivity contribution is 0.105. The van der Waals surface area contributed by atoms with Gasteiger partial charge in [-0.05, 0) is 37.5 Å². The molecule has 2 aromatic rings. The van der Waals surface area contributed by atoms with Crippen LogP contribution >= 0.6 is 0 Å². The van der Waals surface area contributed by atoms with Gasteiger partial charge in [0.1, 0.15) is 4.90 Å². The SMILES string of the molecule is Nc1ccc2c(S(=O)(=O)NCCC3CCCO3)c[nH]c2c1. The molecule has 1 unspecified atom stereocenters. The van der Waals surface area contributed by atoms with Crippen molar-refractivity contribution in [2.24, 2.45) is 0 Å². The molecule has 7 heteroatoms. The van der Waals surface area contributed by atoms with Crippen LogP contribution in [0.15, 0.2) is 29.3 Å². The van der Waals surface area contributed by atoms with Gasteiger partial charge in [0, 0.05) is 35.9 Å². The highest BCUT2D eigenvalue weighted by molar-refractivity contribution is 7.89. The molecule has 3 rings (SSSR count). The van der Waals surface area contributed by atoms with Crippen LogP contribution in [0.4, 0.5) is 5.69 Å². The van der Waals surface area contributed by atoms with Crippen molar-refractivity contribution >= 4 is 26.6 Å². The van der Waals surface area contributed by atoms with Crippen molar-refractivity contribution in [3.63, 3.8) is 0 Å². The lowest BCUT2D eigenvalue weighted by atomic mass is 10.2. The van der Waals surface area contributed by atoms with Crippen molar-refractivity contribution in [1.82, 2.24) is 9.71 Å². The van der Waals surface area contributed by atoms with Crippen LogP contribution < -0.4 is 10.5 Å². The molecule has 0 amide bonds. The van der Waals surface area contributed by atoms with E-state index in [0.29, 0.717) is 24.0 Å². The Kier molecular flexibility index (Phi) is 3.88. The predicted octanol–water partition coefficient (Wildman–Crippen LogP) is 1.60. The number of rotatable bonds is 5. The van der Waals surface area contributed by atoms with Crippen LogP contribution in [0.1, 0.15) is 19.3 Å². The van der Waals surface area contributed by atoms with Crippen molar-refractivity contribution in [2.75, 3.05) is 18.9 Å². The number of fused-ring (bicyclic) bond motifs is 1. The fourth-order valence-corrected chi connectivity index (χ4v) is 3.87. The Bertz CT molecular complexity index is 733. The molecule has 6 nitrogen and oxygen atoms in total. The zero-order valence-corrected chi connectivity index (χ0v) is 12.4. The number of hydrogen-bond donors (Lipinski definition) is 3. The number of hydrogen-bond acceptors (Lipinski definition) is 4. The third-order valence-electron chi connectivity index (χ3n) is 3.74. The van der Waals surface area contributed by atoms with Crippen molar-refractivity contribution in [3.05, 3.63) is 24.4 Å². The first kappa shape index (κ1) is 14.4. The van der Waals surface area contributed by atoms with E-state index < -0.39 is 10.0 Å². The standard InChI is InChI=1S/C14H19N3O3S/c15-10-3-4-12-13(8-10)16-9-14(12)21(18,19)17-6-5-11-2-1-7-20-11/h3-4,8-9,11,16-17H,1-2,5-7,15H2. The molecule has 1 fully saturated rings. The molecule has 0 spiro atoms. The molecule has 1 aromatic carbocycles. The van der Waals surface area contributed by atoms with Gasteiger partial charge >= 0.3 is 0 Å². The molecule has 0 aliphatic carbocycles. The van der Waals surface area contributed by atoms with Crippen LogP contribution in [0.3, 0.4) is 0 Å². The van der Waals surface area contributed by atoms with Gasteiger partial charge in [-0.3, -0.25) is 0 Å². The largest absolute Gasteiger partial charge is 0.399 e. The summed E-state index contributed by atoms with van der Waals surface area (Å²) in [4.78, 5) is 3.20. The number of nitrogens with two attached hydrogens (primary N) is 1. The van der Waals surface area contributed by atoms with Gasteiger partial charge in [0.2, 0.25) is 10.0 Å². The van der Waals surface area contributed by atoms with E-state index in [1.165, 1.54) is 6.20 Å². The van der Waals surface area contributed by atoms with Gasteiger partial charge in [-0.2, -0.15) is 0 Å². The van der Waals surface area contributed by atoms with Crippen LogP contribution in [-0.4, -0.2) is 32.7 Å². The number of anilines is 1. The average molecular weight is 309 g/mol. The third-order valence-corrected chi connectivity index (χ3v) is 5.24. The molecule has 1 aromatic heterocycles. The van der Waals surface area contributed by atoms with Gasteiger partial charge in [0.25, 0.3) is 0 Å². The molecule has 4 N–H and O–H groups in total. The van der Waals surface area contributed by atoms with Gasteiger partial charge in [-0.15, -0.1) is 0 Å². The summed E-state index contributed by atoms with van der Waals surface area (Å²) in [5.41, 5.74) is 7.01. The van der Waals surface area contributed by atoms with E-state index in [2.05, 4.69) is 9.71 Å². The Morgan fingerprint density at radius 1 is 1.43 bits per heavy atom. The van der Waals surface area contributed by atoms with Gasteiger partial charge < -0.3 is 15.5 Å². The summed E-state index contributed by atoms with van der Waals surface area (Å²) in [6, 6.07) is 5.14. The number of aromatic amines is 1. The van der Waals surface area contributed by atoms with Crippen molar-refractivity contribution in [2.45, 2.75) is 30.3 Å². The highest BCUT2D eigenvalue weighted by Gasteiger charge is 2.20. The second kappa shape index (κ2) is 5.67. The van der Waals surface area contributed by atoms with E-state index in [-0.39, 0.29) is 11.0 Å². The molecule has 0 bridgehead atoms.